The highest BCUT2D eigenvalue weighted by Gasteiger charge is 2.26. The number of anilines is 1. The van der Waals surface area contributed by atoms with Crippen molar-refractivity contribution in [2.24, 2.45) is 0 Å². The number of sulfonamides is 1. The summed E-state index contributed by atoms with van der Waals surface area (Å²) in [6, 6.07) is 5.93. The zero-order chi connectivity index (χ0) is 15.6. The van der Waals surface area contributed by atoms with Gasteiger partial charge in [0.25, 0.3) is 15.7 Å². The fraction of sp³-hybridized carbons (Fsp3) is 0. The number of hydrogen-bond acceptors (Lipinski definition) is 5. The van der Waals surface area contributed by atoms with E-state index >= 15 is 0 Å². The predicted octanol–water partition coefficient (Wildman–Crippen LogP) is 3.10. The van der Waals surface area contributed by atoms with E-state index in [2.05, 4.69) is 9.71 Å². The van der Waals surface area contributed by atoms with Crippen molar-refractivity contribution in [3.63, 3.8) is 0 Å². The number of benzene rings is 1. The maximum atomic E-state index is 12.2. The average molecular weight is 348 g/mol. The second kappa shape index (κ2) is 5.84. The van der Waals surface area contributed by atoms with Crippen molar-refractivity contribution in [1.82, 2.24) is 4.98 Å². The molecule has 0 fully saturated rings. The number of aromatic nitrogens is 1. The van der Waals surface area contributed by atoms with Crippen LogP contribution in [0.4, 0.5) is 11.4 Å². The Morgan fingerprint density at radius 1 is 1.19 bits per heavy atom. The van der Waals surface area contributed by atoms with E-state index in [1.807, 2.05) is 0 Å². The maximum Gasteiger partial charge on any atom is 0.291 e. The van der Waals surface area contributed by atoms with Crippen LogP contribution in [-0.4, -0.2) is 18.3 Å². The summed E-state index contributed by atoms with van der Waals surface area (Å²) in [5.74, 6) is 0. The van der Waals surface area contributed by atoms with Crippen LogP contribution in [0.1, 0.15) is 0 Å². The molecular weight excluding hydrogens is 341 g/mol. The summed E-state index contributed by atoms with van der Waals surface area (Å²) < 4.78 is 26.6. The third-order valence-corrected chi connectivity index (χ3v) is 4.26. The van der Waals surface area contributed by atoms with Gasteiger partial charge < -0.3 is 0 Å². The molecule has 0 amide bonds. The summed E-state index contributed by atoms with van der Waals surface area (Å²) in [6.45, 7) is 0. The lowest BCUT2D eigenvalue weighted by atomic mass is 10.3. The van der Waals surface area contributed by atoms with Crippen LogP contribution in [0.15, 0.2) is 41.4 Å². The van der Waals surface area contributed by atoms with E-state index in [1.54, 1.807) is 0 Å². The van der Waals surface area contributed by atoms with Crippen LogP contribution in [0.3, 0.4) is 0 Å². The fourth-order valence-electron chi connectivity index (χ4n) is 1.54. The fourth-order valence-corrected chi connectivity index (χ4v) is 3.08. The highest BCUT2D eigenvalue weighted by atomic mass is 35.5. The van der Waals surface area contributed by atoms with Gasteiger partial charge in [-0.2, -0.15) is 0 Å². The number of rotatable bonds is 4. The first kappa shape index (κ1) is 15.5. The standard InChI is InChI=1S/C11H7Cl2N3O4S/c12-7-1-2-10(9(5-7)16(17)18)21(19,20)15-8-3-4-14-11(13)6-8/h1-6H,(H,14,15). The number of nitrogens with zero attached hydrogens (tertiary/aromatic N) is 2. The van der Waals surface area contributed by atoms with Crippen LogP contribution in [0.5, 0.6) is 0 Å². The van der Waals surface area contributed by atoms with Crippen LogP contribution in [0.2, 0.25) is 10.2 Å². The summed E-state index contributed by atoms with van der Waals surface area (Å²) in [5.41, 5.74) is -0.477. The Hall–Kier alpha value is -1.90. The lowest BCUT2D eigenvalue weighted by Crippen LogP contribution is -2.14. The van der Waals surface area contributed by atoms with Crippen LogP contribution >= 0.6 is 23.2 Å². The molecule has 0 saturated carbocycles. The minimum atomic E-state index is -4.16. The Balaban J connectivity index is 2.47. The Kier molecular flexibility index (Phi) is 4.31. The average Bonchev–Trinajstić information content (AvgIpc) is 2.37. The summed E-state index contributed by atoms with van der Waals surface area (Å²) in [7, 11) is -4.16. The van der Waals surface area contributed by atoms with Crippen LogP contribution < -0.4 is 4.72 Å². The molecule has 0 unspecified atom stereocenters. The molecule has 0 spiro atoms. The van der Waals surface area contributed by atoms with Gasteiger partial charge in [0.15, 0.2) is 4.90 Å². The van der Waals surface area contributed by atoms with Gasteiger partial charge in [0.05, 0.1) is 10.6 Å². The van der Waals surface area contributed by atoms with E-state index in [4.69, 9.17) is 23.2 Å². The second-order valence-electron chi connectivity index (χ2n) is 3.84. The Labute approximate surface area is 129 Å². The van der Waals surface area contributed by atoms with Gasteiger partial charge in [-0.15, -0.1) is 0 Å². The van der Waals surface area contributed by atoms with Crippen molar-refractivity contribution in [2.75, 3.05) is 4.72 Å². The minimum absolute atomic E-state index is 0.0626. The third kappa shape index (κ3) is 3.60. The highest BCUT2D eigenvalue weighted by Crippen LogP contribution is 2.28. The Bertz CT molecular complexity index is 811. The zero-order valence-corrected chi connectivity index (χ0v) is 12.5. The number of nitrogens with one attached hydrogen (secondary N) is 1. The van der Waals surface area contributed by atoms with Gasteiger partial charge in [-0.05, 0) is 24.3 Å². The van der Waals surface area contributed by atoms with Gasteiger partial charge in [-0.25, -0.2) is 13.4 Å². The first-order valence-electron chi connectivity index (χ1n) is 5.38. The van der Waals surface area contributed by atoms with E-state index in [0.29, 0.717) is 0 Å². The van der Waals surface area contributed by atoms with Crippen molar-refractivity contribution in [1.29, 1.82) is 0 Å². The molecule has 0 aliphatic heterocycles. The zero-order valence-electron chi connectivity index (χ0n) is 10.2. The molecule has 1 N–H and O–H groups in total. The van der Waals surface area contributed by atoms with E-state index < -0.39 is 25.5 Å². The van der Waals surface area contributed by atoms with E-state index in [-0.39, 0.29) is 15.9 Å². The second-order valence-corrected chi connectivity index (χ2v) is 6.32. The van der Waals surface area contributed by atoms with Crippen molar-refractivity contribution < 1.29 is 13.3 Å². The van der Waals surface area contributed by atoms with E-state index in [0.717, 1.165) is 12.1 Å². The molecule has 0 radical (unpaired) electrons. The maximum absolute atomic E-state index is 12.2. The van der Waals surface area contributed by atoms with Gasteiger partial charge in [-0.3, -0.25) is 14.8 Å². The third-order valence-electron chi connectivity index (χ3n) is 2.39. The molecule has 1 aromatic carbocycles. The molecule has 0 aliphatic rings. The molecule has 2 rings (SSSR count). The first-order valence-corrected chi connectivity index (χ1v) is 7.62. The van der Waals surface area contributed by atoms with Crippen LogP contribution in [0, 0.1) is 10.1 Å². The van der Waals surface area contributed by atoms with Crippen LogP contribution in [0.25, 0.3) is 0 Å². The molecule has 10 heteroatoms. The van der Waals surface area contributed by atoms with Crippen molar-refractivity contribution in [2.45, 2.75) is 4.90 Å². The van der Waals surface area contributed by atoms with Gasteiger partial charge in [0.2, 0.25) is 0 Å². The van der Waals surface area contributed by atoms with E-state index in [1.165, 1.54) is 24.4 Å². The number of pyridine rings is 1. The highest BCUT2D eigenvalue weighted by molar-refractivity contribution is 7.92. The van der Waals surface area contributed by atoms with Crippen molar-refractivity contribution in [3.8, 4) is 0 Å². The molecule has 7 nitrogen and oxygen atoms in total. The summed E-state index contributed by atoms with van der Waals surface area (Å²) in [4.78, 5) is 13.3. The van der Waals surface area contributed by atoms with Gasteiger partial charge >= 0.3 is 0 Å². The van der Waals surface area contributed by atoms with Crippen LogP contribution in [-0.2, 0) is 10.0 Å². The minimum Gasteiger partial charge on any atom is -0.279 e. The lowest BCUT2D eigenvalue weighted by Gasteiger charge is -2.08. The van der Waals surface area contributed by atoms with Gasteiger partial charge in [0, 0.05) is 17.3 Å². The molecule has 110 valence electrons. The van der Waals surface area contributed by atoms with Crippen molar-refractivity contribution >= 4 is 44.6 Å². The van der Waals surface area contributed by atoms with E-state index in [9.17, 15) is 18.5 Å². The normalized spacial score (nSPS) is 11.1. The number of hydrogen-bond donors (Lipinski definition) is 1. The largest absolute Gasteiger partial charge is 0.291 e. The quantitative estimate of drug-likeness (QED) is 0.520. The topological polar surface area (TPSA) is 102 Å². The molecule has 21 heavy (non-hydrogen) atoms. The molecule has 1 aromatic heterocycles. The SMILES string of the molecule is O=[N+]([O-])c1cc(Cl)ccc1S(=O)(=O)Nc1ccnc(Cl)c1. The smallest absolute Gasteiger partial charge is 0.279 e. The van der Waals surface area contributed by atoms with Crippen molar-refractivity contribution in [3.05, 3.63) is 56.8 Å². The number of nitro benzene ring substituents is 1. The monoisotopic (exact) mass is 347 g/mol. The Morgan fingerprint density at radius 2 is 1.90 bits per heavy atom. The molecule has 0 saturated heterocycles. The Morgan fingerprint density at radius 3 is 2.52 bits per heavy atom. The van der Waals surface area contributed by atoms with Gasteiger partial charge in [-0.1, -0.05) is 23.2 Å². The predicted molar refractivity (Wildman–Crippen MR) is 78.2 cm³/mol. The first-order chi connectivity index (χ1) is 9.79. The lowest BCUT2D eigenvalue weighted by molar-refractivity contribution is -0.387. The number of nitro groups is 1. The molecule has 0 aliphatic carbocycles. The summed E-state index contributed by atoms with van der Waals surface area (Å²) in [5, 5.41) is 11.1. The van der Waals surface area contributed by atoms with Gasteiger partial charge in [0.1, 0.15) is 5.15 Å². The summed E-state index contributed by atoms with van der Waals surface area (Å²) in [6.07, 6.45) is 1.30. The molecular formula is C11H7Cl2N3O4S. The number of halogens is 2. The molecule has 2 aromatic rings. The molecule has 0 bridgehead atoms. The summed E-state index contributed by atoms with van der Waals surface area (Å²) >= 11 is 11.3. The molecule has 1 heterocycles. The molecule has 0 atom stereocenters.